The third-order valence-corrected chi connectivity index (χ3v) is 4.52. The molecule has 0 saturated carbocycles. The van der Waals surface area contributed by atoms with Crippen LogP contribution in [0.1, 0.15) is 16.0 Å². The lowest BCUT2D eigenvalue weighted by Gasteiger charge is -2.17. The van der Waals surface area contributed by atoms with Gasteiger partial charge in [0.25, 0.3) is 0 Å². The molecular formula is C17H12S. The van der Waals surface area contributed by atoms with Crippen LogP contribution in [-0.2, 0) is 6.42 Å². The number of hydrogen-bond acceptors (Lipinski definition) is 1. The van der Waals surface area contributed by atoms with Gasteiger partial charge in [0.15, 0.2) is 0 Å². The molecule has 1 heteroatoms. The van der Waals surface area contributed by atoms with E-state index in [4.69, 9.17) is 0 Å². The minimum absolute atomic E-state index is 1.05. The number of rotatable bonds is 1. The van der Waals surface area contributed by atoms with Gasteiger partial charge >= 0.3 is 0 Å². The van der Waals surface area contributed by atoms with Crippen molar-refractivity contribution in [1.29, 1.82) is 0 Å². The second-order valence-corrected chi connectivity index (χ2v) is 5.63. The molecule has 86 valence electrons. The molecule has 0 amide bonds. The van der Waals surface area contributed by atoms with Crippen molar-refractivity contribution in [3.8, 4) is 0 Å². The topological polar surface area (TPSA) is 0 Å². The first-order valence-electron chi connectivity index (χ1n) is 6.17. The van der Waals surface area contributed by atoms with Crippen LogP contribution in [0.2, 0.25) is 0 Å². The maximum atomic E-state index is 2.35. The maximum Gasteiger partial charge on any atom is 0.0305 e. The van der Waals surface area contributed by atoms with E-state index in [0.717, 1.165) is 6.42 Å². The normalized spacial score (nSPS) is 13.7. The molecule has 1 aromatic heterocycles. The first-order chi connectivity index (χ1) is 8.92. The fraction of sp³-hybridized carbons (Fsp3) is 0.0588. The van der Waals surface area contributed by atoms with Crippen LogP contribution in [0.5, 0.6) is 0 Å². The molecule has 0 N–H and O–H groups in total. The highest BCUT2D eigenvalue weighted by Crippen LogP contribution is 2.36. The zero-order valence-corrected chi connectivity index (χ0v) is 10.7. The summed E-state index contributed by atoms with van der Waals surface area (Å²) in [6.45, 7) is 0. The Morgan fingerprint density at radius 2 is 1.78 bits per heavy atom. The van der Waals surface area contributed by atoms with Gasteiger partial charge in [-0.25, -0.2) is 0 Å². The zero-order valence-electron chi connectivity index (χ0n) is 9.89. The van der Waals surface area contributed by atoms with Crippen LogP contribution >= 0.6 is 11.3 Å². The Bertz CT molecular complexity index is 743. The van der Waals surface area contributed by atoms with Crippen molar-refractivity contribution in [1.82, 2.24) is 0 Å². The van der Waals surface area contributed by atoms with Crippen LogP contribution in [-0.4, -0.2) is 0 Å². The summed E-state index contributed by atoms with van der Waals surface area (Å²) < 4.78 is 0. The number of thiophene rings is 1. The largest absolute Gasteiger partial charge is 0.144 e. The highest BCUT2D eigenvalue weighted by atomic mass is 32.1. The average molecular weight is 248 g/mol. The molecule has 0 bridgehead atoms. The number of hydrogen-bond donors (Lipinski definition) is 0. The lowest BCUT2D eigenvalue weighted by molar-refractivity contribution is 1.32. The van der Waals surface area contributed by atoms with Gasteiger partial charge in [-0.05, 0) is 51.4 Å². The van der Waals surface area contributed by atoms with Crippen LogP contribution < -0.4 is 0 Å². The molecule has 2 aromatic carbocycles. The van der Waals surface area contributed by atoms with Gasteiger partial charge in [0.1, 0.15) is 0 Å². The van der Waals surface area contributed by atoms with Gasteiger partial charge in [-0.2, -0.15) is 0 Å². The molecule has 1 aliphatic carbocycles. The Balaban J connectivity index is 2.00. The first kappa shape index (κ1) is 10.1. The maximum absolute atomic E-state index is 2.35. The summed E-state index contributed by atoms with van der Waals surface area (Å²) >= 11 is 1.83. The van der Waals surface area contributed by atoms with E-state index >= 15 is 0 Å². The van der Waals surface area contributed by atoms with Crippen molar-refractivity contribution in [2.75, 3.05) is 0 Å². The molecule has 0 aliphatic heterocycles. The highest BCUT2D eigenvalue weighted by Gasteiger charge is 2.14. The van der Waals surface area contributed by atoms with Crippen LogP contribution in [0.4, 0.5) is 0 Å². The molecule has 1 heterocycles. The lowest BCUT2D eigenvalue weighted by Crippen LogP contribution is -1.97. The second-order valence-electron chi connectivity index (χ2n) is 4.69. The number of allylic oxidation sites excluding steroid dienone is 1. The predicted molar refractivity (Wildman–Crippen MR) is 79.8 cm³/mol. The van der Waals surface area contributed by atoms with Crippen molar-refractivity contribution in [2.24, 2.45) is 0 Å². The summed E-state index contributed by atoms with van der Waals surface area (Å²) in [6, 6.07) is 17.5. The smallest absolute Gasteiger partial charge is 0.0305 e. The lowest BCUT2D eigenvalue weighted by atomic mass is 9.88. The first-order valence-corrected chi connectivity index (χ1v) is 7.05. The molecule has 0 spiro atoms. The Morgan fingerprint density at radius 3 is 2.61 bits per heavy atom. The Morgan fingerprint density at radius 1 is 0.889 bits per heavy atom. The van der Waals surface area contributed by atoms with Crippen LogP contribution in [0, 0.1) is 0 Å². The monoisotopic (exact) mass is 248 g/mol. The summed E-state index contributed by atoms with van der Waals surface area (Å²) in [4.78, 5) is 1.39. The molecular weight excluding hydrogens is 236 g/mol. The van der Waals surface area contributed by atoms with Gasteiger partial charge in [-0.15, -0.1) is 11.3 Å². The third kappa shape index (κ3) is 1.44. The minimum atomic E-state index is 1.05. The number of benzene rings is 2. The van der Waals surface area contributed by atoms with E-state index < -0.39 is 0 Å². The van der Waals surface area contributed by atoms with Crippen LogP contribution in [0.3, 0.4) is 0 Å². The van der Waals surface area contributed by atoms with Crippen molar-refractivity contribution < 1.29 is 0 Å². The van der Waals surface area contributed by atoms with Crippen molar-refractivity contribution >= 4 is 33.8 Å². The van der Waals surface area contributed by atoms with Gasteiger partial charge in [0.05, 0.1) is 0 Å². The molecule has 0 unspecified atom stereocenters. The molecule has 0 fully saturated rings. The average Bonchev–Trinajstić information content (AvgIpc) is 2.93. The molecule has 0 radical (unpaired) electrons. The van der Waals surface area contributed by atoms with Crippen molar-refractivity contribution in [3.63, 3.8) is 0 Å². The summed E-state index contributed by atoms with van der Waals surface area (Å²) in [5.41, 5.74) is 4.25. The van der Waals surface area contributed by atoms with E-state index in [-0.39, 0.29) is 0 Å². The standard InChI is InChI=1S/C17H12S/c1-4-12-5-2-7-14-11-15(16-8-3-9-18-16)10-13(6-1)17(12)14/h1-10H,11H2. The van der Waals surface area contributed by atoms with Gasteiger partial charge in [-0.3, -0.25) is 0 Å². The fourth-order valence-corrected chi connectivity index (χ4v) is 3.52. The van der Waals surface area contributed by atoms with Crippen LogP contribution in [0.15, 0.2) is 53.9 Å². The van der Waals surface area contributed by atoms with Gasteiger partial charge in [-0.1, -0.05) is 42.5 Å². The van der Waals surface area contributed by atoms with Gasteiger partial charge < -0.3 is 0 Å². The van der Waals surface area contributed by atoms with E-state index in [9.17, 15) is 0 Å². The summed E-state index contributed by atoms with van der Waals surface area (Å²) in [5.74, 6) is 0. The molecule has 0 atom stereocenters. The fourth-order valence-electron chi connectivity index (χ4n) is 2.78. The quantitative estimate of drug-likeness (QED) is 0.568. The molecule has 1 aliphatic rings. The van der Waals surface area contributed by atoms with Crippen molar-refractivity contribution in [3.05, 3.63) is 69.9 Å². The zero-order chi connectivity index (χ0) is 11.9. The van der Waals surface area contributed by atoms with Gasteiger partial charge in [0.2, 0.25) is 0 Å². The summed E-state index contributed by atoms with van der Waals surface area (Å²) in [5, 5.41) is 4.93. The van der Waals surface area contributed by atoms with E-state index in [0.29, 0.717) is 0 Å². The van der Waals surface area contributed by atoms with Crippen molar-refractivity contribution in [2.45, 2.75) is 6.42 Å². The molecule has 18 heavy (non-hydrogen) atoms. The molecule has 3 aromatic rings. The Labute approximate surface area is 110 Å². The molecule has 4 rings (SSSR count). The Hall–Kier alpha value is -1.86. The molecule has 0 nitrogen and oxygen atoms in total. The third-order valence-electron chi connectivity index (χ3n) is 3.57. The molecule has 0 saturated heterocycles. The summed E-state index contributed by atoms with van der Waals surface area (Å²) in [7, 11) is 0. The van der Waals surface area contributed by atoms with E-state index in [1.165, 1.54) is 32.3 Å². The SMILES string of the molecule is C1=C(c2cccs2)Cc2cccc3cccc1c23. The van der Waals surface area contributed by atoms with Gasteiger partial charge in [0, 0.05) is 4.88 Å². The van der Waals surface area contributed by atoms with Crippen LogP contribution in [0.25, 0.3) is 22.4 Å². The Kier molecular flexibility index (Phi) is 2.14. The van der Waals surface area contributed by atoms with E-state index in [1.807, 2.05) is 11.3 Å². The van der Waals surface area contributed by atoms with E-state index in [2.05, 4.69) is 60.0 Å². The van der Waals surface area contributed by atoms with E-state index in [1.54, 1.807) is 0 Å². The highest BCUT2D eigenvalue weighted by molar-refractivity contribution is 7.11. The predicted octanol–water partition coefficient (Wildman–Crippen LogP) is 5.00. The second kappa shape index (κ2) is 3.82. The summed E-state index contributed by atoms with van der Waals surface area (Å²) in [6.07, 6.45) is 3.40. The minimum Gasteiger partial charge on any atom is -0.144 e.